The number of hydrogen-bond donors (Lipinski definition) is 1. The van der Waals surface area contributed by atoms with E-state index >= 15 is 0 Å². The van der Waals surface area contributed by atoms with Crippen molar-refractivity contribution in [3.05, 3.63) is 95.2 Å². The van der Waals surface area contributed by atoms with Crippen LogP contribution in [0.15, 0.2) is 78.5 Å². The zero-order valence-electron chi connectivity index (χ0n) is 18.2. The van der Waals surface area contributed by atoms with Gasteiger partial charge in [0.15, 0.2) is 0 Å². The van der Waals surface area contributed by atoms with E-state index in [-0.39, 0.29) is 24.1 Å². The van der Waals surface area contributed by atoms with E-state index in [0.717, 1.165) is 11.1 Å². The van der Waals surface area contributed by atoms with Gasteiger partial charge in [0, 0.05) is 11.8 Å². The normalized spacial score (nSPS) is 13.5. The number of anilines is 1. The van der Waals surface area contributed by atoms with Gasteiger partial charge in [-0.3, -0.25) is 14.5 Å². The standard InChI is InChI=1S/C26H24N2O4/c1-17-7-11-19(12-8-17)23-24(27-20-5-4-6-22(15-20)32-3)26(30)28(25(23)29)16-18-9-13-21(31-2)14-10-18/h4-15,27H,16H2,1-3H3. The van der Waals surface area contributed by atoms with Gasteiger partial charge in [0.2, 0.25) is 0 Å². The number of aryl methyl sites for hydroxylation is 1. The van der Waals surface area contributed by atoms with Crippen LogP contribution >= 0.6 is 0 Å². The lowest BCUT2D eigenvalue weighted by Crippen LogP contribution is -2.32. The minimum Gasteiger partial charge on any atom is -0.497 e. The lowest BCUT2D eigenvalue weighted by molar-refractivity contribution is -0.137. The summed E-state index contributed by atoms with van der Waals surface area (Å²) < 4.78 is 10.5. The summed E-state index contributed by atoms with van der Waals surface area (Å²) in [6.07, 6.45) is 0. The minimum atomic E-state index is -0.371. The van der Waals surface area contributed by atoms with Crippen molar-refractivity contribution in [2.24, 2.45) is 0 Å². The number of carbonyl (C=O) groups is 2. The number of rotatable bonds is 7. The van der Waals surface area contributed by atoms with Crippen molar-refractivity contribution < 1.29 is 19.1 Å². The molecule has 162 valence electrons. The van der Waals surface area contributed by atoms with Gasteiger partial charge < -0.3 is 14.8 Å². The van der Waals surface area contributed by atoms with Crippen LogP contribution in [0.25, 0.3) is 5.57 Å². The molecule has 0 atom stereocenters. The Labute approximate surface area is 187 Å². The monoisotopic (exact) mass is 428 g/mol. The van der Waals surface area contributed by atoms with Gasteiger partial charge in [-0.2, -0.15) is 0 Å². The van der Waals surface area contributed by atoms with Crippen LogP contribution in [-0.4, -0.2) is 30.9 Å². The molecule has 3 aromatic carbocycles. The van der Waals surface area contributed by atoms with Crippen LogP contribution in [0.5, 0.6) is 11.5 Å². The number of carbonyl (C=O) groups excluding carboxylic acids is 2. The van der Waals surface area contributed by atoms with Crippen LogP contribution in [0.2, 0.25) is 0 Å². The number of benzene rings is 3. The van der Waals surface area contributed by atoms with E-state index in [1.54, 1.807) is 20.3 Å². The lowest BCUT2D eigenvalue weighted by atomic mass is 10.0. The Morgan fingerprint density at radius 2 is 1.50 bits per heavy atom. The molecule has 1 heterocycles. The zero-order chi connectivity index (χ0) is 22.7. The quantitative estimate of drug-likeness (QED) is 0.565. The van der Waals surface area contributed by atoms with Crippen molar-refractivity contribution in [2.75, 3.05) is 19.5 Å². The minimum absolute atomic E-state index is 0.167. The molecule has 0 radical (unpaired) electrons. The maximum atomic E-state index is 13.4. The molecule has 4 rings (SSSR count). The number of hydrogen-bond acceptors (Lipinski definition) is 5. The smallest absolute Gasteiger partial charge is 0.278 e. The molecule has 32 heavy (non-hydrogen) atoms. The maximum absolute atomic E-state index is 13.4. The van der Waals surface area contributed by atoms with E-state index in [4.69, 9.17) is 9.47 Å². The van der Waals surface area contributed by atoms with Gasteiger partial charge >= 0.3 is 0 Å². The number of imide groups is 1. The van der Waals surface area contributed by atoms with Crippen LogP contribution < -0.4 is 14.8 Å². The molecule has 0 saturated heterocycles. The van der Waals surface area contributed by atoms with Gasteiger partial charge in [-0.15, -0.1) is 0 Å². The number of ether oxygens (including phenoxy) is 2. The molecule has 0 aliphatic carbocycles. The molecule has 0 fully saturated rings. The molecule has 1 aliphatic heterocycles. The fourth-order valence-corrected chi connectivity index (χ4v) is 3.58. The van der Waals surface area contributed by atoms with E-state index in [0.29, 0.717) is 28.3 Å². The molecule has 0 spiro atoms. The highest BCUT2D eigenvalue weighted by Crippen LogP contribution is 2.32. The predicted octanol–water partition coefficient (Wildman–Crippen LogP) is 4.40. The molecular formula is C26H24N2O4. The number of nitrogens with zero attached hydrogens (tertiary/aromatic N) is 1. The van der Waals surface area contributed by atoms with Crippen LogP contribution in [-0.2, 0) is 16.1 Å². The number of nitrogens with one attached hydrogen (secondary N) is 1. The average molecular weight is 428 g/mol. The summed E-state index contributed by atoms with van der Waals surface area (Å²) in [7, 11) is 3.17. The zero-order valence-corrected chi connectivity index (χ0v) is 18.2. The van der Waals surface area contributed by atoms with Crippen molar-refractivity contribution in [3.63, 3.8) is 0 Å². The molecule has 0 aromatic heterocycles. The van der Waals surface area contributed by atoms with E-state index < -0.39 is 0 Å². The van der Waals surface area contributed by atoms with Crippen molar-refractivity contribution in [3.8, 4) is 11.5 Å². The predicted molar refractivity (Wildman–Crippen MR) is 123 cm³/mol. The van der Waals surface area contributed by atoms with Gasteiger partial charge in [-0.1, -0.05) is 48.0 Å². The average Bonchev–Trinajstić information content (AvgIpc) is 3.04. The van der Waals surface area contributed by atoms with Gasteiger partial charge in [0.25, 0.3) is 11.8 Å². The second-order valence-corrected chi connectivity index (χ2v) is 7.52. The first kappa shape index (κ1) is 21.2. The Balaban J connectivity index is 1.71. The molecule has 6 heteroatoms. The Kier molecular flexibility index (Phi) is 5.94. The van der Waals surface area contributed by atoms with Crippen LogP contribution in [0.3, 0.4) is 0 Å². The first-order valence-corrected chi connectivity index (χ1v) is 10.2. The second-order valence-electron chi connectivity index (χ2n) is 7.52. The van der Waals surface area contributed by atoms with E-state index in [1.807, 2.05) is 73.7 Å². The van der Waals surface area contributed by atoms with Crippen LogP contribution in [0, 0.1) is 6.92 Å². The van der Waals surface area contributed by atoms with Crippen LogP contribution in [0.4, 0.5) is 5.69 Å². The van der Waals surface area contributed by atoms with Gasteiger partial charge in [-0.25, -0.2) is 0 Å². The molecule has 0 unspecified atom stereocenters. The maximum Gasteiger partial charge on any atom is 0.278 e. The Morgan fingerprint density at radius 3 is 2.16 bits per heavy atom. The summed E-state index contributed by atoms with van der Waals surface area (Å²) in [6, 6.07) is 22.1. The van der Waals surface area contributed by atoms with Crippen molar-refractivity contribution in [1.29, 1.82) is 0 Å². The Hall–Kier alpha value is -4.06. The summed E-state index contributed by atoms with van der Waals surface area (Å²) in [5, 5.41) is 3.16. The number of amides is 2. The summed E-state index contributed by atoms with van der Waals surface area (Å²) >= 11 is 0. The summed E-state index contributed by atoms with van der Waals surface area (Å²) in [4.78, 5) is 28.1. The highest BCUT2D eigenvalue weighted by molar-refractivity contribution is 6.36. The molecule has 0 saturated carbocycles. The third-order valence-corrected chi connectivity index (χ3v) is 5.35. The molecule has 3 aromatic rings. The van der Waals surface area contributed by atoms with Gasteiger partial charge in [-0.05, 0) is 42.3 Å². The fraction of sp³-hybridized carbons (Fsp3) is 0.154. The van der Waals surface area contributed by atoms with Gasteiger partial charge in [0.05, 0.1) is 26.3 Å². The summed E-state index contributed by atoms with van der Waals surface area (Å²) in [5.74, 6) is 0.662. The topological polar surface area (TPSA) is 67.9 Å². The van der Waals surface area contributed by atoms with Crippen molar-refractivity contribution in [1.82, 2.24) is 4.90 Å². The highest BCUT2D eigenvalue weighted by atomic mass is 16.5. The molecule has 1 aliphatic rings. The molecule has 6 nitrogen and oxygen atoms in total. The molecular weight excluding hydrogens is 404 g/mol. The van der Waals surface area contributed by atoms with E-state index in [2.05, 4.69) is 5.32 Å². The first-order chi connectivity index (χ1) is 15.5. The van der Waals surface area contributed by atoms with Crippen molar-refractivity contribution in [2.45, 2.75) is 13.5 Å². The number of methoxy groups -OCH3 is 2. The molecule has 2 amide bonds. The largest absolute Gasteiger partial charge is 0.497 e. The molecule has 1 N–H and O–H groups in total. The fourth-order valence-electron chi connectivity index (χ4n) is 3.58. The third kappa shape index (κ3) is 4.21. The first-order valence-electron chi connectivity index (χ1n) is 10.2. The molecule has 0 bridgehead atoms. The SMILES string of the molecule is COc1ccc(CN2C(=O)C(Nc3cccc(OC)c3)=C(c3ccc(C)cc3)C2=O)cc1. The van der Waals surface area contributed by atoms with Gasteiger partial charge in [0.1, 0.15) is 17.2 Å². The second kappa shape index (κ2) is 8.98. The highest BCUT2D eigenvalue weighted by Gasteiger charge is 2.39. The Morgan fingerprint density at radius 1 is 0.812 bits per heavy atom. The third-order valence-electron chi connectivity index (χ3n) is 5.35. The lowest BCUT2D eigenvalue weighted by Gasteiger charge is -2.16. The summed E-state index contributed by atoms with van der Waals surface area (Å²) in [6.45, 7) is 2.14. The summed E-state index contributed by atoms with van der Waals surface area (Å²) in [5.41, 5.74) is 3.86. The Bertz CT molecular complexity index is 1180. The van der Waals surface area contributed by atoms with E-state index in [9.17, 15) is 9.59 Å². The van der Waals surface area contributed by atoms with Crippen molar-refractivity contribution >= 4 is 23.1 Å². The van der Waals surface area contributed by atoms with Crippen LogP contribution in [0.1, 0.15) is 16.7 Å². The van der Waals surface area contributed by atoms with E-state index in [1.165, 1.54) is 4.90 Å².